The van der Waals surface area contributed by atoms with E-state index in [1.54, 1.807) is 6.26 Å². The first-order valence-electron chi connectivity index (χ1n) is 8.64. The summed E-state index contributed by atoms with van der Waals surface area (Å²) in [5, 5.41) is 9.63. The Morgan fingerprint density at radius 1 is 1.15 bits per heavy atom. The molecule has 3 aromatic heterocycles. The average molecular weight is 398 g/mol. The number of furan rings is 1. The lowest BCUT2D eigenvalue weighted by Crippen LogP contribution is -2.03. The number of benzene rings is 1. The summed E-state index contributed by atoms with van der Waals surface area (Å²) in [5.41, 5.74) is 2.23. The molecule has 8 heteroatoms. The maximum atomic E-state index is 5.55. The molecule has 0 amide bonds. The van der Waals surface area contributed by atoms with Gasteiger partial charge in [0.05, 0.1) is 12.8 Å². The van der Waals surface area contributed by atoms with Crippen molar-refractivity contribution < 1.29 is 4.42 Å². The second-order valence-electron chi connectivity index (χ2n) is 6.51. The van der Waals surface area contributed by atoms with Crippen LogP contribution in [-0.2, 0) is 6.54 Å². The number of hydrogen-bond acceptors (Lipinski definition) is 7. The molecule has 0 aliphatic carbocycles. The van der Waals surface area contributed by atoms with Gasteiger partial charge in [0.25, 0.3) is 0 Å². The van der Waals surface area contributed by atoms with Crippen LogP contribution in [0.2, 0.25) is 0 Å². The van der Waals surface area contributed by atoms with Gasteiger partial charge in [0, 0.05) is 11.5 Å². The number of aryl methyl sites for hydroxylation is 1. The van der Waals surface area contributed by atoms with Crippen LogP contribution in [0.15, 0.2) is 56.6 Å². The van der Waals surface area contributed by atoms with E-state index < -0.39 is 0 Å². The van der Waals surface area contributed by atoms with Crippen molar-refractivity contribution in [2.45, 2.75) is 42.7 Å². The highest BCUT2D eigenvalue weighted by atomic mass is 32.2. The second-order valence-corrected chi connectivity index (χ2v) is 8.48. The van der Waals surface area contributed by atoms with Crippen LogP contribution in [0.5, 0.6) is 0 Å². The maximum Gasteiger partial charge on any atom is 0.199 e. The largest absolute Gasteiger partial charge is 0.467 e. The summed E-state index contributed by atoms with van der Waals surface area (Å²) < 4.78 is 12.9. The Bertz CT molecular complexity index is 1020. The van der Waals surface area contributed by atoms with E-state index in [1.165, 1.54) is 28.9 Å². The molecule has 0 saturated carbocycles. The Balaban J connectivity index is 1.70. The summed E-state index contributed by atoms with van der Waals surface area (Å²) in [6.07, 6.45) is 1.68. The van der Waals surface area contributed by atoms with E-state index in [-0.39, 0.29) is 0 Å². The molecule has 0 radical (unpaired) electrons. The zero-order valence-electron chi connectivity index (χ0n) is 15.3. The number of nitrogens with zero attached hydrogens (tertiary/aromatic N) is 5. The van der Waals surface area contributed by atoms with Gasteiger partial charge in [-0.15, -0.1) is 10.2 Å². The third-order valence-electron chi connectivity index (χ3n) is 4.04. The first-order valence-corrected chi connectivity index (χ1v) is 10.2. The average Bonchev–Trinajstić information content (AvgIpc) is 3.39. The zero-order chi connectivity index (χ0) is 18.8. The van der Waals surface area contributed by atoms with Crippen molar-refractivity contribution in [3.05, 3.63) is 59.8 Å². The molecule has 4 aromatic rings. The molecule has 0 unspecified atom stereocenters. The topological polar surface area (TPSA) is 69.6 Å². The van der Waals surface area contributed by atoms with E-state index in [0.29, 0.717) is 12.5 Å². The van der Waals surface area contributed by atoms with E-state index in [0.717, 1.165) is 32.5 Å². The van der Waals surface area contributed by atoms with Gasteiger partial charge in [0.1, 0.15) is 11.6 Å². The van der Waals surface area contributed by atoms with Crippen LogP contribution in [-0.4, -0.2) is 24.1 Å². The van der Waals surface area contributed by atoms with Crippen molar-refractivity contribution >= 4 is 23.3 Å². The molecule has 0 saturated heterocycles. The van der Waals surface area contributed by atoms with Gasteiger partial charge < -0.3 is 4.42 Å². The summed E-state index contributed by atoms with van der Waals surface area (Å²) in [4.78, 5) is 4.60. The SMILES string of the molecule is Cc1ccc(-c2nnc(Sc3nc(C(C)C)ns3)n2Cc2ccco2)cc1. The minimum atomic E-state index is 0.305. The highest BCUT2D eigenvalue weighted by Crippen LogP contribution is 2.32. The van der Waals surface area contributed by atoms with E-state index in [2.05, 4.69) is 69.2 Å². The van der Waals surface area contributed by atoms with Crippen molar-refractivity contribution in [3.63, 3.8) is 0 Å². The molecule has 1 aromatic carbocycles. The third kappa shape index (κ3) is 3.96. The minimum Gasteiger partial charge on any atom is -0.467 e. The lowest BCUT2D eigenvalue weighted by Gasteiger charge is -2.08. The molecule has 0 aliphatic heterocycles. The molecular formula is C19H19N5OS2. The minimum absolute atomic E-state index is 0.305. The fourth-order valence-electron chi connectivity index (χ4n) is 2.56. The van der Waals surface area contributed by atoms with Crippen LogP contribution in [0.1, 0.15) is 36.9 Å². The van der Waals surface area contributed by atoms with Crippen molar-refractivity contribution in [2.24, 2.45) is 0 Å². The fourth-order valence-corrected chi connectivity index (χ4v) is 4.24. The Morgan fingerprint density at radius 3 is 2.63 bits per heavy atom. The Morgan fingerprint density at radius 2 is 1.96 bits per heavy atom. The fraction of sp³-hybridized carbons (Fsp3) is 0.263. The zero-order valence-corrected chi connectivity index (χ0v) is 16.9. The van der Waals surface area contributed by atoms with Crippen molar-refractivity contribution in [1.82, 2.24) is 24.1 Å². The van der Waals surface area contributed by atoms with Gasteiger partial charge >= 0.3 is 0 Å². The smallest absolute Gasteiger partial charge is 0.199 e. The van der Waals surface area contributed by atoms with E-state index >= 15 is 0 Å². The molecule has 0 N–H and O–H groups in total. The Labute approximate surface area is 165 Å². The van der Waals surface area contributed by atoms with E-state index in [4.69, 9.17) is 4.42 Å². The standard InChI is InChI=1S/C19H19N5OS2/c1-12(2)16-20-19(27-23-16)26-18-22-21-17(14-8-6-13(3)7-9-14)24(18)11-15-5-4-10-25-15/h4-10,12H,11H2,1-3H3. The highest BCUT2D eigenvalue weighted by Gasteiger charge is 2.18. The van der Waals surface area contributed by atoms with E-state index in [9.17, 15) is 0 Å². The van der Waals surface area contributed by atoms with Crippen LogP contribution in [0.25, 0.3) is 11.4 Å². The molecule has 0 aliphatic rings. The van der Waals surface area contributed by atoms with Crippen LogP contribution >= 0.6 is 23.3 Å². The van der Waals surface area contributed by atoms with Crippen LogP contribution in [0.4, 0.5) is 0 Å². The van der Waals surface area contributed by atoms with Crippen LogP contribution in [0, 0.1) is 6.92 Å². The number of rotatable bonds is 6. The molecule has 0 bridgehead atoms. The highest BCUT2D eigenvalue weighted by molar-refractivity contribution is 8.00. The van der Waals surface area contributed by atoms with Crippen molar-refractivity contribution in [3.8, 4) is 11.4 Å². The van der Waals surface area contributed by atoms with Gasteiger partial charge in [0.15, 0.2) is 15.3 Å². The Kier molecular flexibility index (Phi) is 5.09. The number of aromatic nitrogens is 5. The normalized spacial score (nSPS) is 11.4. The van der Waals surface area contributed by atoms with Crippen molar-refractivity contribution in [2.75, 3.05) is 0 Å². The molecule has 0 atom stereocenters. The molecule has 4 rings (SSSR count). The number of hydrogen-bond donors (Lipinski definition) is 0. The van der Waals surface area contributed by atoms with Gasteiger partial charge in [-0.25, -0.2) is 4.98 Å². The van der Waals surface area contributed by atoms with Gasteiger partial charge in [-0.05, 0) is 42.4 Å². The summed E-state index contributed by atoms with van der Waals surface area (Å²) in [7, 11) is 0. The second kappa shape index (κ2) is 7.66. The lowest BCUT2D eigenvalue weighted by molar-refractivity contribution is 0.485. The van der Waals surface area contributed by atoms with Crippen LogP contribution < -0.4 is 0 Å². The van der Waals surface area contributed by atoms with Gasteiger partial charge in [-0.2, -0.15) is 4.37 Å². The molecule has 3 heterocycles. The monoisotopic (exact) mass is 397 g/mol. The van der Waals surface area contributed by atoms with Gasteiger partial charge in [-0.1, -0.05) is 43.7 Å². The lowest BCUT2D eigenvalue weighted by atomic mass is 10.1. The molecule has 27 heavy (non-hydrogen) atoms. The summed E-state index contributed by atoms with van der Waals surface area (Å²) in [6.45, 7) is 6.80. The predicted octanol–water partition coefficient (Wildman–Crippen LogP) is 5.02. The molecule has 0 spiro atoms. The first-order chi connectivity index (χ1) is 13.1. The molecule has 138 valence electrons. The van der Waals surface area contributed by atoms with Gasteiger partial charge in [-0.3, -0.25) is 4.57 Å². The quantitative estimate of drug-likeness (QED) is 0.455. The molecular weight excluding hydrogens is 378 g/mol. The maximum absolute atomic E-state index is 5.55. The summed E-state index contributed by atoms with van der Waals surface area (Å²) >= 11 is 2.88. The predicted molar refractivity (Wildman–Crippen MR) is 106 cm³/mol. The van der Waals surface area contributed by atoms with E-state index in [1.807, 2.05) is 12.1 Å². The molecule has 0 fully saturated rings. The van der Waals surface area contributed by atoms with Crippen molar-refractivity contribution in [1.29, 1.82) is 0 Å². The summed E-state index contributed by atoms with van der Waals surface area (Å²) in [5.74, 6) is 2.82. The molecule has 6 nitrogen and oxygen atoms in total. The third-order valence-corrected chi connectivity index (χ3v) is 5.79. The first kappa shape index (κ1) is 17.9. The Hall–Kier alpha value is -2.45. The van der Waals surface area contributed by atoms with Gasteiger partial charge in [0.2, 0.25) is 0 Å². The van der Waals surface area contributed by atoms with Crippen LogP contribution in [0.3, 0.4) is 0 Å². The summed E-state index contributed by atoms with van der Waals surface area (Å²) in [6, 6.07) is 12.1.